The van der Waals surface area contributed by atoms with Gasteiger partial charge in [-0.2, -0.15) is 0 Å². The monoisotopic (exact) mass is 163 g/mol. The SMILES string of the molecule is Cc1ccc(CC[C@H](C)N)cc1. The van der Waals surface area contributed by atoms with Crippen LogP contribution in [0.4, 0.5) is 0 Å². The first kappa shape index (κ1) is 9.27. The molecule has 1 aromatic carbocycles. The fourth-order valence-electron chi connectivity index (χ4n) is 1.15. The first-order valence-corrected chi connectivity index (χ1v) is 4.49. The Morgan fingerprint density at radius 3 is 2.33 bits per heavy atom. The highest BCUT2D eigenvalue weighted by molar-refractivity contribution is 5.21. The minimum Gasteiger partial charge on any atom is -0.328 e. The van der Waals surface area contributed by atoms with Crippen molar-refractivity contribution in [1.29, 1.82) is 0 Å². The van der Waals surface area contributed by atoms with Gasteiger partial charge in [0.25, 0.3) is 0 Å². The number of rotatable bonds is 3. The van der Waals surface area contributed by atoms with Crippen molar-refractivity contribution in [3.05, 3.63) is 35.4 Å². The summed E-state index contributed by atoms with van der Waals surface area (Å²) in [6.07, 6.45) is 2.17. The van der Waals surface area contributed by atoms with Gasteiger partial charge in [0.2, 0.25) is 0 Å². The molecule has 0 amide bonds. The summed E-state index contributed by atoms with van der Waals surface area (Å²) in [6.45, 7) is 4.16. The summed E-state index contributed by atoms with van der Waals surface area (Å²) < 4.78 is 0. The molecule has 12 heavy (non-hydrogen) atoms. The Labute approximate surface area is 74.6 Å². The van der Waals surface area contributed by atoms with E-state index in [0.717, 1.165) is 12.8 Å². The molecule has 0 spiro atoms. The molecular weight excluding hydrogens is 146 g/mol. The lowest BCUT2D eigenvalue weighted by molar-refractivity contribution is 0.666. The van der Waals surface area contributed by atoms with Gasteiger partial charge in [-0.3, -0.25) is 0 Å². The molecule has 0 heterocycles. The van der Waals surface area contributed by atoms with Crippen molar-refractivity contribution >= 4 is 0 Å². The molecule has 0 fully saturated rings. The molecule has 1 nitrogen and oxygen atoms in total. The minimum absolute atomic E-state index is 0.311. The van der Waals surface area contributed by atoms with Gasteiger partial charge in [0.05, 0.1) is 0 Å². The summed E-state index contributed by atoms with van der Waals surface area (Å²) in [7, 11) is 0. The number of nitrogens with two attached hydrogens (primary N) is 1. The van der Waals surface area contributed by atoms with Crippen LogP contribution < -0.4 is 5.73 Å². The van der Waals surface area contributed by atoms with Crippen LogP contribution in [0.2, 0.25) is 0 Å². The highest BCUT2D eigenvalue weighted by atomic mass is 14.6. The van der Waals surface area contributed by atoms with Crippen molar-refractivity contribution in [2.24, 2.45) is 5.73 Å². The molecule has 0 aliphatic rings. The van der Waals surface area contributed by atoms with Gasteiger partial charge >= 0.3 is 0 Å². The van der Waals surface area contributed by atoms with Crippen LogP contribution in [0.25, 0.3) is 0 Å². The van der Waals surface area contributed by atoms with E-state index in [1.54, 1.807) is 0 Å². The van der Waals surface area contributed by atoms with Crippen LogP contribution in [-0.2, 0) is 6.42 Å². The lowest BCUT2D eigenvalue weighted by Gasteiger charge is -2.04. The second kappa shape index (κ2) is 4.27. The van der Waals surface area contributed by atoms with Gasteiger partial charge in [-0.25, -0.2) is 0 Å². The largest absolute Gasteiger partial charge is 0.328 e. The Bertz CT molecular complexity index is 223. The Morgan fingerprint density at radius 1 is 1.25 bits per heavy atom. The Kier molecular flexibility index (Phi) is 3.30. The molecule has 1 atom stereocenters. The zero-order valence-corrected chi connectivity index (χ0v) is 7.88. The van der Waals surface area contributed by atoms with Crippen molar-refractivity contribution in [2.45, 2.75) is 32.7 Å². The van der Waals surface area contributed by atoms with Crippen LogP contribution in [0.1, 0.15) is 24.5 Å². The van der Waals surface area contributed by atoms with E-state index in [9.17, 15) is 0 Å². The third-order valence-electron chi connectivity index (χ3n) is 2.01. The first-order valence-electron chi connectivity index (χ1n) is 4.49. The van der Waals surface area contributed by atoms with E-state index in [2.05, 4.69) is 31.2 Å². The van der Waals surface area contributed by atoms with Crippen molar-refractivity contribution in [2.75, 3.05) is 0 Å². The number of hydrogen-bond acceptors (Lipinski definition) is 1. The van der Waals surface area contributed by atoms with E-state index in [-0.39, 0.29) is 0 Å². The second-order valence-corrected chi connectivity index (χ2v) is 3.50. The van der Waals surface area contributed by atoms with Crippen LogP contribution in [0.3, 0.4) is 0 Å². The zero-order chi connectivity index (χ0) is 8.97. The first-order chi connectivity index (χ1) is 5.68. The second-order valence-electron chi connectivity index (χ2n) is 3.50. The van der Waals surface area contributed by atoms with Gasteiger partial charge in [-0.05, 0) is 32.3 Å². The average molecular weight is 163 g/mol. The third-order valence-corrected chi connectivity index (χ3v) is 2.01. The molecular formula is C11H17N. The summed E-state index contributed by atoms with van der Waals surface area (Å²) in [6, 6.07) is 8.97. The maximum absolute atomic E-state index is 5.67. The van der Waals surface area contributed by atoms with E-state index >= 15 is 0 Å². The highest BCUT2D eigenvalue weighted by Crippen LogP contribution is 2.06. The summed E-state index contributed by atoms with van der Waals surface area (Å²) >= 11 is 0. The minimum atomic E-state index is 0.311. The summed E-state index contributed by atoms with van der Waals surface area (Å²) in [4.78, 5) is 0. The Balaban J connectivity index is 2.48. The van der Waals surface area contributed by atoms with Crippen LogP contribution >= 0.6 is 0 Å². The van der Waals surface area contributed by atoms with Crippen molar-refractivity contribution in [3.8, 4) is 0 Å². The van der Waals surface area contributed by atoms with E-state index in [1.807, 2.05) is 6.92 Å². The fourth-order valence-corrected chi connectivity index (χ4v) is 1.15. The van der Waals surface area contributed by atoms with Gasteiger partial charge < -0.3 is 5.73 Å². The molecule has 66 valence electrons. The molecule has 0 aliphatic carbocycles. The molecule has 0 radical (unpaired) electrons. The van der Waals surface area contributed by atoms with Crippen LogP contribution in [0.15, 0.2) is 24.3 Å². The van der Waals surface area contributed by atoms with Gasteiger partial charge in [0.15, 0.2) is 0 Å². The topological polar surface area (TPSA) is 26.0 Å². The summed E-state index contributed by atoms with van der Waals surface area (Å²) in [5.41, 5.74) is 8.38. The van der Waals surface area contributed by atoms with Crippen molar-refractivity contribution in [3.63, 3.8) is 0 Å². The predicted octanol–water partition coefficient (Wildman–Crippen LogP) is 2.27. The molecule has 2 N–H and O–H groups in total. The maximum Gasteiger partial charge on any atom is 0.00136 e. The standard InChI is InChI=1S/C11H17N/c1-9-3-6-11(7-4-9)8-5-10(2)12/h3-4,6-7,10H,5,8,12H2,1-2H3/t10-/m0/s1. The molecule has 0 aromatic heterocycles. The normalized spacial score (nSPS) is 12.9. The molecule has 1 rings (SSSR count). The van der Waals surface area contributed by atoms with Gasteiger partial charge in [0.1, 0.15) is 0 Å². The number of aryl methyl sites for hydroxylation is 2. The summed E-state index contributed by atoms with van der Waals surface area (Å²) in [5.74, 6) is 0. The van der Waals surface area contributed by atoms with Gasteiger partial charge in [0, 0.05) is 6.04 Å². The molecule has 0 bridgehead atoms. The van der Waals surface area contributed by atoms with Crippen LogP contribution in [0.5, 0.6) is 0 Å². The van der Waals surface area contributed by atoms with Crippen LogP contribution in [-0.4, -0.2) is 6.04 Å². The van der Waals surface area contributed by atoms with E-state index < -0.39 is 0 Å². The van der Waals surface area contributed by atoms with Gasteiger partial charge in [-0.15, -0.1) is 0 Å². The van der Waals surface area contributed by atoms with E-state index in [1.165, 1.54) is 11.1 Å². The smallest absolute Gasteiger partial charge is 0.00136 e. The van der Waals surface area contributed by atoms with Crippen LogP contribution in [0, 0.1) is 6.92 Å². The lowest BCUT2D eigenvalue weighted by Crippen LogP contribution is -2.15. The molecule has 0 saturated carbocycles. The fraction of sp³-hybridized carbons (Fsp3) is 0.455. The number of benzene rings is 1. The highest BCUT2D eigenvalue weighted by Gasteiger charge is 1.95. The Hall–Kier alpha value is -0.820. The lowest BCUT2D eigenvalue weighted by atomic mass is 10.1. The predicted molar refractivity (Wildman–Crippen MR) is 53.1 cm³/mol. The molecule has 1 aromatic rings. The summed E-state index contributed by atoms with van der Waals surface area (Å²) in [5, 5.41) is 0. The molecule has 0 aliphatic heterocycles. The van der Waals surface area contributed by atoms with Crippen molar-refractivity contribution < 1.29 is 0 Å². The molecule has 0 unspecified atom stereocenters. The molecule has 0 saturated heterocycles. The number of hydrogen-bond donors (Lipinski definition) is 1. The molecule has 1 heteroatoms. The Morgan fingerprint density at radius 2 is 1.83 bits per heavy atom. The van der Waals surface area contributed by atoms with Crippen molar-refractivity contribution in [1.82, 2.24) is 0 Å². The quantitative estimate of drug-likeness (QED) is 0.726. The van der Waals surface area contributed by atoms with Gasteiger partial charge in [-0.1, -0.05) is 29.8 Å². The maximum atomic E-state index is 5.67. The third kappa shape index (κ3) is 3.05. The van der Waals surface area contributed by atoms with E-state index in [4.69, 9.17) is 5.73 Å². The zero-order valence-electron chi connectivity index (χ0n) is 7.88. The average Bonchev–Trinajstić information content (AvgIpc) is 2.03. The van der Waals surface area contributed by atoms with E-state index in [0.29, 0.717) is 6.04 Å².